The Labute approximate surface area is 171 Å². The fraction of sp³-hybridized carbons (Fsp3) is 0.400. The van der Waals surface area contributed by atoms with Crippen LogP contribution >= 0.6 is 38.9 Å². The minimum Gasteiger partial charge on any atom is -0.353 e. The molecule has 3 nitrogen and oxygen atoms in total. The first-order valence-electron chi connectivity index (χ1n) is 9.10. The van der Waals surface area contributed by atoms with Gasteiger partial charge in [0.25, 0.3) is 0 Å². The number of rotatable bonds is 3. The number of hydrogen-bond acceptors (Lipinski definition) is 4. The van der Waals surface area contributed by atoms with E-state index in [1.54, 1.807) is 11.3 Å². The number of piperidine rings is 1. The van der Waals surface area contributed by atoms with Crippen LogP contribution in [-0.2, 0) is 6.42 Å². The number of thiophene rings is 1. The third-order valence-electron chi connectivity index (χ3n) is 5.11. The van der Waals surface area contributed by atoms with Gasteiger partial charge in [0.2, 0.25) is 5.28 Å². The Bertz CT molecular complexity index is 938. The second kappa shape index (κ2) is 7.45. The molecule has 0 spiro atoms. The molecule has 6 heteroatoms. The van der Waals surface area contributed by atoms with E-state index in [1.807, 2.05) is 0 Å². The van der Waals surface area contributed by atoms with Crippen LogP contribution in [0.4, 0.5) is 5.82 Å². The van der Waals surface area contributed by atoms with Gasteiger partial charge < -0.3 is 4.90 Å². The van der Waals surface area contributed by atoms with E-state index in [1.165, 1.54) is 35.3 Å². The van der Waals surface area contributed by atoms with E-state index in [2.05, 4.69) is 63.9 Å². The van der Waals surface area contributed by atoms with Gasteiger partial charge in [-0.25, -0.2) is 4.98 Å². The Morgan fingerprint density at radius 3 is 2.69 bits per heavy atom. The number of benzene rings is 1. The van der Waals surface area contributed by atoms with Crippen molar-refractivity contribution in [1.29, 1.82) is 0 Å². The highest BCUT2D eigenvalue weighted by Crippen LogP contribution is 2.44. The molecule has 1 aromatic carbocycles. The molecule has 1 aliphatic heterocycles. The second-order valence-electron chi connectivity index (χ2n) is 6.80. The maximum absolute atomic E-state index is 6.31. The van der Waals surface area contributed by atoms with Gasteiger partial charge in [0.1, 0.15) is 10.6 Å². The van der Waals surface area contributed by atoms with Crippen molar-refractivity contribution in [3.63, 3.8) is 0 Å². The van der Waals surface area contributed by atoms with E-state index >= 15 is 0 Å². The summed E-state index contributed by atoms with van der Waals surface area (Å²) in [5.41, 5.74) is 2.48. The third kappa shape index (κ3) is 3.25. The number of nitrogens with zero attached hydrogens (tertiary/aromatic N) is 3. The monoisotopic (exact) mass is 449 g/mol. The van der Waals surface area contributed by atoms with Crippen molar-refractivity contribution in [3.05, 3.63) is 38.9 Å². The van der Waals surface area contributed by atoms with Gasteiger partial charge in [0.15, 0.2) is 0 Å². The van der Waals surface area contributed by atoms with E-state index < -0.39 is 0 Å². The average molecular weight is 451 g/mol. The van der Waals surface area contributed by atoms with Crippen LogP contribution in [0.25, 0.3) is 21.3 Å². The molecule has 3 aromatic rings. The summed E-state index contributed by atoms with van der Waals surface area (Å²) in [5, 5.41) is 1.50. The van der Waals surface area contributed by atoms with Gasteiger partial charge in [-0.2, -0.15) is 4.98 Å². The molecule has 1 atom stereocenters. The minimum absolute atomic E-state index is 0.344. The van der Waals surface area contributed by atoms with Gasteiger partial charge >= 0.3 is 0 Å². The molecule has 1 unspecified atom stereocenters. The molecule has 0 radical (unpaired) electrons. The van der Waals surface area contributed by atoms with Crippen LogP contribution in [0.5, 0.6) is 0 Å². The molecule has 3 heterocycles. The lowest BCUT2D eigenvalue weighted by atomic mass is 10.00. The maximum Gasteiger partial charge on any atom is 0.225 e. The number of aromatic nitrogens is 2. The Morgan fingerprint density at radius 1 is 1.23 bits per heavy atom. The van der Waals surface area contributed by atoms with Crippen molar-refractivity contribution in [3.8, 4) is 11.1 Å². The van der Waals surface area contributed by atoms with Crippen molar-refractivity contribution >= 4 is 54.9 Å². The van der Waals surface area contributed by atoms with Gasteiger partial charge in [-0.3, -0.25) is 0 Å². The van der Waals surface area contributed by atoms with E-state index in [9.17, 15) is 0 Å². The SMILES string of the molecule is CCc1sc2nc(Cl)nc(N3CCCCC3C)c2c1-c1ccc(Br)cc1. The summed E-state index contributed by atoms with van der Waals surface area (Å²) in [6.45, 7) is 5.51. The van der Waals surface area contributed by atoms with Crippen LogP contribution in [0, 0.1) is 0 Å². The predicted molar refractivity (Wildman–Crippen MR) is 116 cm³/mol. The molecule has 136 valence electrons. The van der Waals surface area contributed by atoms with Gasteiger partial charge in [-0.1, -0.05) is 35.0 Å². The van der Waals surface area contributed by atoms with Crippen molar-refractivity contribution in [2.45, 2.75) is 45.6 Å². The Balaban J connectivity index is 1.99. The second-order valence-corrected chi connectivity index (χ2v) is 9.13. The Kier molecular flexibility index (Phi) is 5.22. The van der Waals surface area contributed by atoms with Gasteiger partial charge in [0.05, 0.1) is 5.39 Å². The smallest absolute Gasteiger partial charge is 0.225 e. The molecule has 0 saturated carbocycles. The lowest BCUT2D eigenvalue weighted by molar-refractivity contribution is 0.482. The summed E-state index contributed by atoms with van der Waals surface area (Å²) in [7, 11) is 0. The molecule has 0 amide bonds. The molecular formula is C20H21BrClN3S. The lowest BCUT2D eigenvalue weighted by Crippen LogP contribution is -2.38. The summed E-state index contributed by atoms with van der Waals surface area (Å²) >= 11 is 11.6. The van der Waals surface area contributed by atoms with Gasteiger partial charge in [0, 0.05) is 27.5 Å². The molecule has 0 bridgehead atoms. The first kappa shape index (κ1) is 18.2. The fourth-order valence-corrected chi connectivity index (χ4v) is 5.40. The zero-order valence-electron chi connectivity index (χ0n) is 14.9. The van der Waals surface area contributed by atoms with E-state index in [0.29, 0.717) is 11.3 Å². The molecule has 2 aromatic heterocycles. The molecule has 4 rings (SSSR count). The van der Waals surface area contributed by atoms with Crippen LogP contribution in [0.2, 0.25) is 5.28 Å². The zero-order valence-corrected chi connectivity index (χ0v) is 18.1. The predicted octanol–water partition coefficient (Wildman–Crippen LogP) is 6.72. The van der Waals surface area contributed by atoms with Crippen LogP contribution in [0.1, 0.15) is 38.0 Å². The molecule has 0 aliphatic carbocycles. The zero-order chi connectivity index (χ0) is 18.3. The highest BCUT2D eigenvalue weighted by Gasteiger charge is 2.26. The summed E-state index contributed by atoms with van der Waals surface area (Å²) in [6.07, 6.45) is 4.65. The molecule has 0 N–H and O–H groups in total. The lowest BCUT2D eigenvalue weighted by Gasteiger charge is -2.35. The van der Waals surface area contributed by atoms with Gasteiger partial charge in [-0.15, -0.1) is 11.3 Å². The van der Waals surface area contributed by atoms with Crippen LogP contribution in [0.3, 0.4) is 0 Å². The first-order chi connectivity index (χ1) is 12.6. The molecule has 1 fully saturated rings. The van der Waals surface area contributed by atoms with E-state index in [0.717, 1.165) is 33.5 Å². The summed E-state index contributed by atoms with van der Waals surface area (Å²) in [6, 6.07) is 9.00. The topological polar surface area (TPSA) is 29.0 Å². The number of hydrogen-bond donors (Lipinski definition) is 0. The van der Waals surface area contributed by atoms with E-state index in [4.69, 9.17) is 16.6 Å². The number of aryl methyl sites for hydroxylation is 1. The maximum atomic E-state index is 6.31. The van der Waals surface area contributed by atoms with E-state index in [-0.39, 0.29) is 0 Å². The minimum atomic E-state index is 0.344. The van der Waals surface area contributed by atoms with Crippen LogP contribution in [0.15, 0.2) is 28.7 Å². The summed E-state index contributed by atoms with van der Waals surface area (Å²) in [5.74, 6) is 1.00. The highest BCUT2D eigenvalue weighted by atomic mass is 79.9. The summed E-state index contributed by atoms with van der Waals surface area (Å²) < 4.78 is 1.09. The van der Waals surface area contributed by atoms with Crippen molar-refractivity contribution in [2.24, 2.45) is 0 Å². The first-order valence-corrected chi connectivity index (χ1v) is 11.1. The number of halogens is 2. The molecule has 1 aliphatic rings. The molecular weight excluding hydrogens is 430 g/mol. The average Bonchev–Trinajstić information content (AvgIpc) is 3.00. The largest absolute Gasteiger partial charge is 0.353 e. The Morgan fingerprint density at radius 2 is 2.00 bits per heavy atom. The van der Waals surface area contributed by atoms with Crippen molar-refractivity contribution in [2.75, 3.05) is 11.4 Å². The molecule has 26 heavy (non-hydrogen) atoms. The normalized spacial score (nSPS) is 17.8. The van der Waals surface area contributed by atoms with Crippen molar-refractivity contribution < 1.29 is 0 Å². The van der Waals surface area contributed by atoms with Crippen LogP contribution in [-0.4, -0.2) is 22.6 Å². The number of fused-ring (bicyclic) bond motifs is 1. The fourth-order valence-electron chi connectivity index (χ4n) is 3.79. The van der Waals surface area contributed by atoms with Gasteiger partial charge in [-0.05, 0) is 61.9 Å². The number of anilines is 1. The van der Waals surface area contributed by atoms with Crippen LogP contribution < -0.4 is 4.90 Å². The highest BCUT2D eigenvalue weighted by molar-refractivity contribution is 9.10. The molecule has 1 saturated heterocycles. The quantitative estimate of drug-likeness (QED) is 0.415. The Hall–Kier alpha value is -1.17. The third-order valence-corrected chi connectivity index (χ3v) is 7.03. The van der Waals surface area contributed by atoms with Crippen molar-refractivity contribution in [1.82, 2.24) is 9.97 Å². The standard InChI is InChI=1S/C20H21BrClN3S/c1-3-15-16(13-7-9-14(21)10-8-13)17-18(23-20(22)24-19(17)26-15)25-11-5-4-6-12(25)2/h7-10,12H,3-6,11H2,1-2H3. The summed E-state index contributed by atoms with van der Waals surface area (Å²) in [4.78, 5) is 14.0.